The molecular weight excluding hydrogens is 464 g/mol. The molecule has 12 heteroatoms. The molecule has 4 rings (SSSR count). The van der Waals surface area contributed by atoms with Crippen LogP contribution in [0.15, 0.2) is 41.6 Å². The number of nitrogens with zero attached hydrogens (tertiary/aromatic N) is 4. The second kappa shape index (κ2) is 10.3. The minimum Gasteiger partial charge on any atom is -0.380 e. The van der Waals surface area contributed by atoms with Gasteiger partial charge in [-0.15, -0.1) is 0 Å². The van der Waals surface area contributed by atoms with Gasteiger partial charge in [0.1, 0.15) is 0 Å². The molecule has 2 aliphatic rings. The van der Waals surface area contributed by atoms with E-state index in [1.54, 1.807) is 30.5 Å². The van der Waals surface area contributed by atoms with Crippen molar-refractivity contribution in [3.63, 3.8) is 0 Å². The number of rotatable bonds is 5. The van der Waals surface area contributed by atoms with Crippen molar-refractivity contribution in [2.45, 2.75) is 23.5 Å². The highest BCUT2D eigenvalue weighted by Crippen LogP contribution is 2.26. The van der Waals surface area contributed by atoms with Crippen molar-refractivity contribution in [1.82, 2.24) is 19.1 Å². The van der Waals surface area contributed by atoms with Crippen LogP contribution in [-0.4, -0.2) is 114 Å². The average Bonchev–Trinajstić information content (AvgIpc) is 3.14. The van der Waals surface area contributed by atoms with Crippen molar-refractivity contribution in [2.75, 3.05) is 52.5 Å². The fraction of sp³-hybridized carbons (Fsp3) is 0.500. The van der Waals surface area contributed by atoms with Gasteiger partial charge in [0.2, 0.25) is 10.0 Å². The number of aliphatic hydroxyl groups excluding tert-OH is 2. The fourth-order valence-corrected chi connectivity index (χ4v) is 5.92. The molecule has 2 atom stereocenters. The van der Waals surface area contributed by atoms with Gasteiger partial charge in [-0.3, -0.25) is 14.6 Å². The van der Waals surface area contributed by atoms with Crippen LogP contribution in [0.5, 0.6) is 0 Å². The molecule has 1 aromatic carbocycles. The van der Waals surface area contributed by atoms with Crippen molar-refractivity contribution >= 4 is 32.6 Å². The first-order chi connectivity index (χ1) is 16.3. The Balaban J connectivity index is 1.44. The van der Waals surface area contributed by atoms with E-state index in [0.717, 1.165) is 0 Å². The molecule has 34 heavy (non-hydrogen) atoms. The van der Waals surface area contributed by atoms with Crippen LogP contribution in [0.4, 0.5) is 0 Å². The molecule has 2 N–H and O–H groups in total. The molecule has 2 amide bonds. The van der Waals surface area contributed by atoms with Crippen molar-refractivity contribution < 1.29 is 33.0 Å². The molecule has 11 nitrogen and oxygen atoms in total. The molecule has 3 heterocycles. The quantitative estimate of drug-likeness (QED) is 0.544. The summed E-state index contributed by atoms with van der Waals surface area (Å²) in [5, 5.41) is 22.0. The van der Waals surface area contributed by atoms with Crippen LogP contribution in [-0.2, 0) is 24.3 Å². The van der Waals surface area contributed by atoms with Crippen LogP contribution in [0.1, 0.15) is 6.42 Å². The van der Waals surface area contributed by atoms with Gasteiger partial charge in [0.25, 0.3) is 11.8 Å². The van der Waals surface area contributed by atoms with Crippen LogP contribution in [0, 0.1) is 0 Å². The van der Waals surface area contributed by atoms with E-state index < -0.39 is 34.0 Å². The summed E-state index contributed by atoms with van der Waals surface area (Å²) in [4.78, 5) is 32.1. The zero-order valence-electron chi connectivity index (χ0n) is 18.6. The minimum absolute atomic E-state index is 0.0236. The molecule has 0 radical (unpaired) electrons. The summed E-state index contributed by atoms with van der Waals surface area (Å²) in [5.41, 5.74) is 0. The summed E-state index contributed by atoms with van der Waals surface area (Å²) < 4.78 is 33.3. The summed E-state index contributed by atoms with van der Waals surface area (Å²) >= 11 is 0. The average molecular weight is 493 g/mol. The fourth-order valence-electron chi connectivity index (χ4n) is 4.24. The second-order valence-corrected chi connectivity index (χ2v) is 10.2. The Bertz CT molecular complexity index is 1150. The topological polar surface area (TPSA) is 141 Å². The number of hydrogen-bond donors (Lipinski definition) is 2. The predicted octanol–water partition coefficient (Wildman–Crippen LogP) is -0.962. The van der Waals surface area contributed by atoms with Gasteiger partial charge in [-0.1, -0.05) is 12.1 Å². The van der Waals surface area contributed by atoms with Crippen LogP contribution in [0.3, 0.4) is 0 Å². The zero-order chi connectivity index (χ0) is 24.3. The molecule has 2 saturated heterocycles. The van der Waals surface area contributed by atoms with Gasteiger partial charge in [0.15, 0.2) is 12.2 Å². The van der Waals surface area contributed by atoms with E-state index in [-0.39, 0.29) is 44.2 Å². The van der Waals surface area contributed by atoms with E-state index in [9.17, 15) is 28.2 Å². The van der Waals surface area contributed by atoms with E-state index in [1.165, 1.54) is 20.3 Å². The molecule has 184 valence electrons. The summed E-state index contributed by atoms with van der Waals surface area (Å²) in [5.74, 6) is -1.53. The first kappa shape index (κ1) is 24.5. The largest absolute Gasteiger partial charge is 0.380 e. The number of morpholine rings is 1. The predicted molar refractivity (Wildman–Crippen MR) is 121 cm³/mol. The highest BCUT2D eigenvalue weighted by molar-refractivity contribution is 7.89. The molecule has 2 aromatic rings. The van der Waals surface area contributed by atoms with Crippen LogP contribution >= 0.6 is 0 Å². The number of carbonyl (C=O) groups excluding carboxylic acids is 2. The lowest BCUT2D eigenvalue weighted by atomic mass is 10.1. The highest BCUT2D eigenvalue weighted by Gasteiger charge is 2.37. The third kappa shape index (κ3) is 4.91. The number of amides is 2. The Labute approximate surface area is 197 Å². The van der Waals surface area contributed by atoms with Crippen LogP contribution in [0.25, 0.3) is 10.8 Å². The number of carbonyl (C=O) groups is 2. The number of fused-ring (bicyclic) bond motifs is 1. The van der Waals surface area contributed by atoms with Crippen LogP contribution < -0.4 is 0 Å². The first-order valence-corrected chi connectivity index (χ1v) is 12.6. The van der Waals surface area contributed by atoms with Crippen molar-refractivity contribution in [3.8, 4) is 0 Å². The first-order valence-electron chi connectivity index (χ1n) is 11.1. The van der Waals surface area contributed by atoms with Gasteiger partial charge in [-0.2, -0.15) is 4.31 Å². The maximum absolute atomic E-state index is 13.4. The number of aromatic nitrogens is 1. The molecule has 0 saturated carbocycles. The molecule has 0 bridgehead atoms. The highest BCUT2D eigenvalue weighted by atomic mass is 32.2. The third-order valence-corrected chi connectivity index (χ3v) is 8.11. The van der Waals surface area contributed by atoms with E-state index >= 15 is 0 Å². The molecule has 2 fully saturated rings. The van der Waals surface area contributed by atoms with E-state index in [1.807, 2.05) is 0 Å². The molecular formula is C22H28N4O7S. The van der Waals surface area contributed by atoms with Crippen molar-refractivity contribution in [3.05, 3.63) is 36.7 Å². The number of ether oxygens (including phenoxy) is 1. The number of pyridine rings is 1. The number of aliphatic hydroxyl groups is 2. The monoisotopic (exact) mass is 492 g/mol. The second-order valence-electron chi connectivity index (χ2n) is 8.26. The van der Waals surface area contributed by atoms with Gasteiger partial charge in [-0.25, -0.2) is 8.42 Å². The van der Waals surface area contributed by atoms with Crippen molar-refractivity contribution in [2.24, 2.45) is 0 Å². The number of hydrogen-bond acceptors (Lipinski definition) is 8. The molecule has 2 aliphatic heterocycles. The maximum Gasteiger partial charge on any atom is 0.254 e. The summed E-state index contributed by atoms with van der Waals surface area (Å²) in [6.07, 6.45) is -0.337. The normalized spacial score (nSPS) is 20.1. The Morgan fingerprint density at radius 3 is 2.29 bits per heavy atom. The van der Waals surface area contributed by atoms with E-state index in [0.29, 0.717) is 30.4 Å². The molecule has 0 aliphatic carbocycles. The summed E-state index contributed by atoms with van der Waals surface area (Å²) in [6.45, 7) is 1.64. The SMILES string of the molecule is O=C([C@H](O)[C@@H](O)C(=O)N1CCCN(S(=O)(=O)c2cccc3cnccc23)CC1)N1CCOCC1. The minimum atomic E-state index is -3.84. The lowest BCUT2D eigenvalue weighted by Gasteiger charge is -2.31. The summed E-state index contributed by atoms with van der Waals surface area (Å²) in [7, 11) is -3.84. The van der Waals surface area contributed by atoms with Gasteiger partial charge in [-0.05, 0) is 18.6 Å². The maximum atomic E-state index is 13.4. The van der Waals surface area contributed by atoms with Crippen LogP contribution in [0.2, 0.25) is 0 Å². The van der Waals surface area contributed by atoms with Gasteiger partial charge >= 0.3 is 0 Å². The lowest BCUT2D eigenvalue weighted by molar-refractivity contribution is -0.160. The van der Waals surface area contributed by atoms with Crippen molar-refractivity contribution in [1.29, 1.82) is 0 Å². The Hall–Kier alpha value is -2.64. The summed E-state index contributed by atoms with van der Waals surface area (Å²) in [6, 6.07) is 6.64. The smallest absolute Gasteiger partial charge is 0.254 e. The Kier molecular flexibility index (Phi) is 7.43. The lowest BCUT2D eigenvalue weighted by Crippen LogP contribution is -2.54. The van der Waals surface area contributed by atoms with E-state index in [2.05, 4.69) is 4.98 Å². The van der Waals surface area contributed by atoms with E-state index in [4.69, 9.17) is 4.74 Å². The van der Waals surface area contributed by atoms with Gasteiger partial charge < -0.3 is 24.7 Å². The zero-order valence-corrected chi connectivity index (χ0v) is 19.4. The molecule has 0 unspecified atom stereocenters. The Morgan fingerprint density at radius 1 is 0.912 bits per heavy atom. The van der Waals surface area contributed by atoms with Gasteiger partial charge in [0, 0.05) is 62.4 Å². The standard InChI is InChI=1S/C22H28N4O7S/c27-19(20(28)22(30)25-11-13-33-14-12-25)21(29)24-7-2-8-26(10-9-24)34(31,32)18-4-1-3-16-15-23-6-5-17(16)18/h1,3-6,15,19-20,27-28H,2,7-14H2/t19-,20-/m1/s1. The molecule has 1 aromatic heterocycles. The number of sulfonamides is 1. The Morgan fingerprint density at radius 2 is 1.59 bits per heavy atom. The van der Waals surface area contributed by atoms with Gasteiger partial charge in [0.05, 0.1) is 18.1 Å². The third-order valence-electron chi connectivity index (χ3n) is 6.15. The number of benzene rings is 1. The molecule has 0 spiro atoms.